The first-order chi connectivity index (χ1) is 12.1. The molecule has 1 heteroatoms. The van der Waals surface area contributed by atoms with Crippen LogP contribution >= 0.6 is 0 Å². The Bertz CT molecular complexity index is 689. The predicted octanol–water partition coefficient (Wildman–Crippen LogP) is 5.94. The highest BCUT2D eigenvalue weighted by Crippen LogP contribution is 2.31. The minimum absolute atomic E-state index is 0.0402. The zero-order chi connectivity index (χ0) is 17.7. The summed E-state index contributed by atoms with van der Waals surface area (Å²) in [6, 6.07) is 20.0. The zero-order valence-electron chi connectivity index (χ0n) is 16.0. The summed E-state index contributed by atoms with van der Waals surface area (Å²) in [4.78, 5) is 2.49. The molecule has 1 nitrogen and oxygen atoms in total. The largest absolute Gasteiger partial charge is 0.377 e. The van der Waals surface area contributed by atoms with E-state index in [0.717, 1.165) is 6.42 Å². The van der Waals surface area contributed by atoms with Gasteiger partial charge in [-0.1, -0.05) is 74.0 Å². The number of rotatable bonds is 5. The molecule has 2 aromatic rings. The van der Waals surface area contributed by atoms with Crippen LogP contribution in [0.3, 0.4) is 0 Å². The predicted molar refractivity (Wildman–Crippen MR) is 108 cm³/mol. The van der Waals surface area contributed by atoms with Crippen LogP contribution in [0, 0.1) is 0 Å². The van der Waals surface area contributed by atoms with Crippen LogP contribution in [0.5, 0.6) is 0 Å². The summed E-state index contributed by atoms with van der Waals surface area (Å²) in [5, 5.41) is 0. The molecule has 1 aliphatic rings. The smallest absolute Gasteiger partial charge is 0.0172 e. The molecule has 1 saturated heterocycles. The van der Waals surface area contributed by atoms with Crippen LogP contribution in [0.25, 0.3) is 0 Å². The summed E-state index contributed by atoms with van der Waals surface area (Å²) in [5.41, 5.74) is 5.64. The molecule has 0 spiro atoms. The molecule has 0 saturated carbocycles. The number of hydrogen-bond donors (Lipinski definition) is 0. The molecule has 0 N–H and O–H groups in total. The Kier molecular flexibility index (Phi) is 5.63. The summed E-state index contributed by atoms with van der Waals surface area (Å²) in [6.45, 7) is 9.32. The van der Waals surface area contributed by atoms with E-state index in [-0.39, 0.29) is 5.41 Å². The summed E-state index contributed by atoms with van der Waals surface area (Å²) in [7, 11) is 0. The molecule has 3 rings (SSSR count). The SMILES string of the molecule is CC(=CN1CCCCC1)Cc1ccc(C(C)(C)c2ccccc2)cc1. The maximum atomic E-state index is 2.49. The van der Waals surface area contributed by atoms with Crippen LogP contribution in [0.1, 0.15) is 56.7 Å². The van der Waals surface area contributed by atoms with E-state index in [0.29, 0.717) is 0 Å². The second kappa shape index (κ2) is 7.91. The number of piperidine rings is 1. The Morgan fingerprint density at radius 2 is 1.48 bits per heavy atom. The van der Waals surface area contributed by atoms with Crippen molar-refractivity contribution in [3.63, 3.8) is 0 Å². The lowest BCUT2D eigenvalue weighted by Crippen LogP contribution is -2.24. The number of nitrogens with zero attached hydrogens (tertiary/aromatic N) is 1. The van der Waals surface area contributed by atoms with Crippen LogP contribution in [0.2, 0.25) is 0 Å². The molecule has 0 bridgehead atoms. The maximum absolute atomic E-state index is 2.49. The molecular formula is C24H31N. The van der Waals surface area contributed by atoms with Gasteiger partial charge in [0.2, 0.25) is 0 Å². The van der Waals surface area contributed by atoms with Crippen molar-refractivity contribution in [3.05, 3.63) is 83.1 Å². The maximum Gasteiger partial charge on any atom is 0.0172 e. The normalized spacial score (nSPS) is 16.1. The van der Waals surface area contributed by atoms with E-state index in [1.807, 2.05) is 0 Å². The van der Waals surface area contributed by atoms with Gasteiger partial charge < -0.3 is 4.90 Å². The zero-order valence-corrected chi connectivity index (χ0v) is 16.0. The molecule has 0 unspecified atom stereocenters. The summed E-state index contributed by atoms with van der Waals surface area (Å²) in [5.74, 6) is 0. The minimum Gasteiger partial charge on any atom is -0.377 e. The molecule has 0 atom stereocenters. The second-order valence-corrected chi connectivity index (χ2v) is 7.94. The fourth-order valence-corrected chi connectivity index (χ4v) is 3.79. The van der Waals surface area contributed by atoms with Crippen LogP contribution in [-0.2, 0) is 11.8 Å². The van der Waals surface area contributed by atoms with Crippen molar-refractivity contribution in [3.8, 4) is 0 Å². The van der Waals surface area contributed by atoms with E-state index in [9.17, 15) is 0 Å². The van der Waals surface area contributed by atoms with Gasteiger partial charge in [-0.2, -0.15) is 0 Å². The van der Waals surface area contributed by atoms with Gasteiger partial charge in [0.05, 0.1) is 0 Å². The van der Waals surface area contributed by atoms with Crippen molar-refractivity contribution in [1.29, 1.82) is 0 Å². The van der Waals surface area contributed by atoms with Crippen LogP contribution in [-0.4, -0.2) is 18.0 Å². The molecule has 1 heterocycles. The molecule has 2 aromatic carbocycles. The molecule has 1 aliphatic heterocycles. The molecule has 25 heavy (non-hydrogen) atoms. The van der Waals surface area contributed by atoms with Gasteiger partial charge in [-0.15, -0.1) is 0 Å². The van der Waals surface area contributed by atoms with Gasteiger partial charge in [0.15, 0.2) is 0 Å². The molecular weight excluding hydrogens is 302 g/mol. The molecule has 132 valence electrons. The lowest BCUT2D eigenvalue weighted by Gasteiger charge is -2.27. The number of allylic oxidation sites excluding steroid dienone is 1. The fourth-order valence-electron chi connectivity index (χ4n) is 3.79. The average Bonchev–Trinajstić information content (AvgIpc) is 2.63. The van der Waals surface area contributed by atoms with Crippen LogP contribution in [0.15, 0.2) is 66.4 Å². The number of likely N-dealkylation sites (tertiary alicyclic amines) is 1. The molecule has 0 aromatic heterocycles. The van der Waals surface area contributed by atoms with Gasteiger partial charge in [-0.25, -0.2) is 0 Å². The van der Waals surface area contributed by atoms with Crippen LogP contribution < -0.4 is 0 Å². The van der Waals surface area contributed by atoms with Gasteiger partial charge in [-0.3, -0.25) is 0 Å². The van der Waals surface area contributed by atoms with Crippen molar-refractivity contribution in [2.24, 2.45) is 0 Å². The molecule has 0 radical (unpaired) electrons. The minimum atomic E-state index is 0.0402. The highest BCUT2D eigenvalue weighted by Gasteiger charge is 2.22. The summed E-state index contributed by atoms with van der Waals surface area (Å²) < 4.78 is 0. The van der Waals surface area contributed by atoms with Gasteiger partial charge in [0.25, 0.3) is 0 Å². The van der Waals surface area contributed by atoms with Gasteiger partial charge in [0, 0.05) is 18.5 Å². The van der Waals surface area contributed by atoms with E-state index in [1.165, 1.54) is 54.6 Å². The third kappa shape index (κ3) is 4.54. The van der Waals surface area contributed by atoms with Crippen molar-refractivity contribution in [1.82, 2.24) is 4.90 Å². The van der Waals surface area contributed by atoms with Crippen molar-refractivity contribution in [2.45, 2.75) is 51.9 Å². The van der Waals surface area contributed by atoms with Gasteiger partial charge in [0.1, 0.15) is 0 Å². The van der Waals surface area contributed by atoms with E-state index in [4.69, 9.17) is 0 Å². The average molecular weight is 334 g/mol. The molecule has 0 aliphatic carbocycles. The molecule has 0 amide bonds. The second-order valence-electron chi connectivity index (χ2n) is 7.94. The number of benzene rings is 2. The van der Waals surface area contributed by atoms with E-state index < -0.39 is 0 Å². The standard InChI is InChI=1S/C24H31N/c1-20(19-25-16-8-5-9-17-25)18-21-12-14-23(15-13-21)24(2,3)22-10-6-4-7-11-22/h4,6-7,10-15,19H,5,8-9,16-18H2,1-3H3. The van der Waals surface area contributed by atoms with Gasteiger partial charge >= 0.3 is 0 Å². The highest BCUT2D eigenvalue weighted by atomic mass is 15.1. The number of hydrogen-bond acceptors (Lipinski definition) is 1. The fraction of sp³-hybridized carbons (Fsp3) is 0.417. The Morgan fingerprint density at radius 3 is 2.12 bits per heavy atom. The lowest BCUT2D eigenvalue weighted by molar-refractivity contribution is 0.307. The third-order valence-electron chi connectivity index (χ3n) is 5.45. The summed E-state index contributed by atoms with van der Waals surface area (Å²) in [6.07, 6.45) is 7.49. The Labute approximate surface area is 153 Å². The van der Waals surface area contributed by atoms with Gasteiger partial charge in [-0.05, 0) is 55.5 Å². The topological polar surface area (TPSA) is 3.24 Å². The lowest BCUT2D eigenvalue weighted by atomic mass is 9.78. The van der Waals surface area contributed by atoms with E-state index in [2.05, 4.69) is 86.5 Å². The van der Waals surface area contributed by atoms with Crippen molar-refractivity contribution >= 4 is 0 Å². The Hall–Kier alpha value is -2.02. The Morgan fingerprint density at radius 1 is 0.880 bits per heavy atom. The third-order valence-corrected chi connectivity index (χ3v) is 5.45. The van der Waals surface area contributed by atoms with Crippen LogP contribution in [0.4, 0.5) is 0 Å². The molecule has 1 fully saturated rings. The first-order valence-corrected chi connectivity index (χ1v) is 9.62. The monoisotopic (exact) mass is 333 g/mol. The Balaban J connectivity index is 1.68. The first kappa shape index (κ1) is 17.8. The van der Waals surface area contributed by atoms with Crippen molar-refractivity contribution in [2.75, 3.05) is 13.1 Å². The quantitative estimate of drug-likeness (QED) is 0.654. The van der Waals surface area contributed by atoms with E-state index in [1.54, 1.807) is 0 Å². The van der Waals surface area contributed by atoms with E-state index >= 15 is 0 Å². The van der Waals surface area contributed by atoms with Crippen molar-refractivity contribution < 1.29 is 0 Å². The summed E-state index contributed by atoms with van der Waals surface area (Å²) >= 11 is 0. The first-order valence-electron chi connectivity index (χ1n) is 9.62. The highest BCUT2D eigenvalue weighted by molar-refractivity contribution is 5.39.